The lowest BCUT2D eigenvalue weighted by Gasteiger charge is -2.10. The molecule has 2 aromatic carbocycles. The number of hydrogen-bond donors (Lipinski definition) is 2. The Labute approximate surface area is 121 Å². The number of rotatable bonds is 2. The van der Waals surface area contributed by atoms with Gasteiger partial charge < -0.3 is 11.1 Å². The van der Waals surface area contributed by atoms with Crippen LogP contribution in [0.2, 0.25) is 5.02 Å². The van der Waals surface area contributed by atoms with E-state index in [0.29, 0.717) is 27.5 Å². The molecule has 0 heterocycles. The van der Waals surface area contributed by atoms with Crippen molar-refractivity contribution >= 4 is 28.9 Å². The lowest BCUT2D eigenvalue weighted by Crippen LogP contribution is -2.13. The van der Waals surface area contributed by atoms with Gasteiger partial charge in [0.15, 0.2) is 0 Å². The third kappa shape index (κ3) is 2.90. The first-order valence-electron chi connectivity index (χ1n) is 5.88. The maximum atomic E-state index is 12.1. The highest BCUT2D eigenvalue weighted by atomic mass is 35.5. The number of nitrogens with two attached hydrogens (primary N) is 1. The summed E-state index contributed by atoms with van der Waals surface area (Å²) in [4.78, 5) is 12.1. The minimum Gasteiger partial charge on any atom is -0.398 e. The largest absolute Gasteiger partial charge is 0.398 e. The number of carbonyl (C=O) groups excluding carboxylic acids is 1. The summed E-state index contributed by atoms with van der Waals surface area (Å²) in [7, 11) is 0. The monoisotopic (exact) mass is 285 g/mol. The quantitative estimate of drug-likeness (QED) is 0.831. The number of anilines is 2. The summed E-state index contributed by atoms with van der Waals surface area (Å²) in [5, 5.41) is 12.0. The van der Waals surface area contributed by atoms with Gasteiger partial charge in [0, 0.05) is 11.3 Å². The van der Waals surface area contributed by atoms with E-state index in [1.165, 1.54) is 6.07 Å². The predicted molar refractivity (Wildman–Crippen MR) is 79.7 cm³/mol. The van der Waals surface area contributed by atoms with Crippen LogP contribution in [0.15, 0.2) is 36.4 Å². The van der Waals surface area contributed by atoms with Crippen LogP contribution in [-0.2, 0) is 0 Å². The van der Waals surface area contributed by atoms with Gasteiger partial charge in [0.1, 0.15) is 0 Å². The van der Waals surface area contributed by atoms with Crippen LogP contribution in [0, 0.1) is 18.3 Å². The van der Waals surface area contributed by atoms with Crippen LogP contribution in [-0.4, -0.2) is 5.91 Å². The van der Waals surface area contributed by atoms with Crippen molar-refractivity contribution in [3.05, 3.63) is 58.1 Å². The van der Waals surface area contributed by atoms with Gasteiger partial charge in [-0.3, -0.25) is 4.79 Å². The summed E-state index contributed by atoms with van der Waals surface area (Å²) >= 11 is 5.94. The van der Waals surface area contributed by atoms with Gasteiger partial charge in [-0.2, -0.15) is 5.26 Å². The molecule has 5 heteroatoms. The van der Waals surface area contributed by atoms with Crippen LogP contribution in [0.25, 0.3) is 0 Å². The van der Waals surface area contributed by atoms with Crippen LogP contribution >= 0.6 is 11.6 Å². The van der Waals surface area contributed by atoms with Gasteiger partial charge >= 0.3 is 0 Å². The number of carbonyl (C=O) groups is 1. The summed E-state index contributed by atoms with van der Waals surface area (Å²) in [5.41, 5.74) is 8.41. The Balaban J connectivity index is 2.28. The molecule has 0 unspecified atom stereocenters. The van der Waals surface area contributed by atoms with Crippen molar-refractivity contribution < 1.29 is 4.79 Å². The molecule has 0 saturated heterocycles. The SMILES string of the molecule is Cc1cc(N)c(Cl)cc1NC(=O)c1cccc(C#N)c1. The number of hydrogen-bond acceptors (Lipinski definition) is 3. The van der Waals surface area contributed by atoms with Gasteiger partial charge in [-0.25, -0.2) is 0 Å². The second-order valence-electron chi connectivity index (χ2n) is 4.34. The normalized spacial score (nSPS) is 9.85. The molecule has 1 amide bonds. The molecule has 2 rings (SSSR count). The van der Waals surface area contributed by atoms with Crippen LogP contribution in [0.3, 0.4) is 0 Å². The van der Waals surface area contributed by atoms with Gasteiger partial charge in [-0.1, -0.05) is 17.7 Å². The maximum absolute atomic E-state index is 12.1. The Hall–Kier alpha value is -2.51. The molecule has 0 aliphatic carbocycles. The van der Waals surface area contributed by atoms with Gasteiger partial charge in [-0.05, 0) is 42.8 Å². The molecule has 0 fully saturated rings. The average molecular weight is 286 g/mol. The van der Waals surface area contributed by atoms with Crippen molar-refractivity contribution in [1.82, 2.24) is 0 Å². The summed E-state index contributed by atoms with van der Waals surface area (Å²) in [6, 6.07) is 11.8. The van der Waals surface area contributed by atoms with Gasteiger partial charge in [0.25, 0.3) is 5.91 Å². The van der Waals surface area contributed by atoms with E-state index in [9.17, 15) is 4.79 Å². The van der Waals surface area contributed by atoms with Crippen molar-refractivity contribution in [2.24, 2.45) is 0 Å². The fraction of sp³-hybridized carbons (Fsp3) is 0.0667. The Bertz CT molecular complexity index is 720. The smallest absolute Gasteiger partial charge is 0.255 e. The van der Waals surface area contributed by atoms with E-state index in [1.807, 2.05) is 13.0 Å². The van der Waals surface area contributed by atoms with E-state index in [0.717, 1.165) is 5.56 Å². The van der Waals surface area contributed by atoms with E-state index in [4.69, 9.17) is 22.6 Å². The first-order valence-corrected chi connectivity index (χ1v) is 6.26. The minimum atomic E-state index is -0.300. The molecular weight excluding hydrogens is 274 g/mol. The third-order valence-corrected chi connectivity index (χ3v) is 3.17. The van der Waals surface area contributed by atoms with Crippen molar-refractivity contribution in [3.8, 4) is 6.07 Å². The fourth-order valence-corrected chi connectivity index (χ4v) is 1.93. The standard InChI is InChI=1S/C15H12ClN3O/c1-9-5-13(18)12(16)7-14(9)19-15(20)11-4-2-3-10(6-11)8-17/h2-7H,18H2,1H3,(H,19,20). The number of amides is 1. The number of benzene rings is 2. The Morgan fingerprint density at radius 1 is 1.35 bits per heavy atom. The van der Waals surface area contributed by atoms with E-state index < -0.39 is 0 Å². The number of nitrogens with zero attached hydrogens (tertiary/aromatic N) is 1. The summed E-state index contributed by atoms with van der Waals surface area (Å²) < 4.78 is 0. The summed E-state index contributed by atoms with van der Waals surface area (Å²) in [6.07, 6.45) is 0. The van der Waals surface area contributed by atoms with Gasteiger partial charge in [-0.15, -0.1) is 0 Å². The lowest BCUT2D eigenvalue weighted by molar-refractivity contribution is 0.102. The van der Waals surface area contributed by atoms with Crippen LogP contribution in [0.4, 0.5) is 11.4 Å². The molecule has 0 radical (unpaired) electrons. The first kappa shape index (κ1) is 13.9. The Morgan fingerprint density at radius 2 is 2.10 bits per heavy atom. The molecule has 20 heavy (non-hydrogen) atoms. The van der Waals surface area contributed by atoms with Crippen molar-refractivity contribution in [2.45, 2.75) is 6.92 Å². The number of nitriles is 1. The molecule has 3 N–H and O–H groups in total. The van der Waals surface area contributed by atoms with Crippen LogP contribution in [0.1, 0.15) is 21.5 Å². The number of nitrogen functional groups attached to an aromatic ring is 1. The summed E-state index contributed by atoms with van der Waals surface area (Å²) in [6.45, 7) is 1.83. The second-order valence-corrected chi connectivity index (χ2v) is 4.74. The Kier molecular flexibility index (Phi) is 3.92. The second kappa shape index (κ2) is 5.64. The first-order chi connectivity index (χ1) is 9.51. The number of halogens is 1. The van der Waals surface area contributed by atoms with Gasteiger partial charge in [0.05, 0.1) is 22.3 Å². The molecule has 0 bridgehead atoms. The average Bonchev–Trinajstić information content (AvgIpc) is 2.44. The van der Waals surface area contributed by atoms with E-state index in [2.05, 4.69) is 5.32 Å². The Morgan fingerprint density at radius 3 is 2.80 bits per heavy atom. The summed E-state index contributed by atoms with van der Waals surface area (Å²) in [5.74, 6) is -0.300. The third-order valence-electron chi connectivity index (χ3n) is 2.85. The molecule has 0 atom stereocenters. The van der Waals surface area contributed by atoms with Gasteiger partial charge in [0.2, 0.25) is 0 Å². The van der Waals surface area contributed by atoms with Crippen molar-refractivity contribution in [1.29, 1.82) is 5.26 Å². The number of aryl methyl sites for hydroxylation is 1. The molecule has 2 aromatic rings. The van der Waals surface area contributed by atoms with Crippen LogP contribution < -0.4 is 11.1 Å². The fourth-order valence-electron chi connectivity index (χ4n) is 1.76. The van der Waals surface area contributed by atoms with E-state index in [1.54, 1.807) is 30.3 Å². The van der Waals surface area contributed by atoms with Crippen molar-refractivity contribution in [2.75, 3.05) is 11.1 Å². The highest BCUT2D eigenvalue weighted by Crippen LogP contribution is 2.27. The minimum absolute atomic E-state index is 0.300. The lowest BCUT2D eigenvalue weighted by atomic mass is 10.1. The molecule has 4 nitrogen and oxygen atoms in total. The molecular formula is C15H12ClN3O. The highest BCUT2D eigenvalue weighted by Gasteiger charge is 2.10. The highest BCUT2D eigenvalue weighted by molar-refractivity contribution is 6.33. The van der Waals surface area contributed by atoms with Crippen molar-refractivity contribution in [3.63, 3.8) is 0 Å². The molecule has 0 aliphatic rings. The van der Waals surface area contributed by atoms with Crippen LogP contribution in [0.5, 0.6) is 0 Å². The molecule has 100 valence electrons. The predicted octanol–water partition coefficient (Wildman–Crippen LogP) is 3.35. The molecule has 0 saturated carbocycles. The molecule has 0 aromatic heterocycles. The molecule has 0 spiro atoms. The molecule has 0 aliphatic heterocycles. The zero-order chi connectivity index (χ0) is 14.7. The number of nitrogens with one attached hydrogen (secondary N) is 1. The van der Waals surface area contributed by atoms with E-state index in [-0.39, 0.29) is 5.91 Å². The topological polar surface area (TPSA) is 78.9 Å². The van der Waals surface area contributed by atoms with E-state index >= 15 is 0 Å². The zero-order valence-corrected chi connectivity index (χ0v) is 11.5. The maximum Gasteiger partial charge on any atom is 0.255 e. The zero-order valence-electron chi connectivity index (χ0n) is 10.8.